The average Bonchev–Trinajstić information content (AvgIpc) is 2.29. The topological polar surface area (TPSA) is 46.6 Å². The second kappa shape index (κ2) is 4.94. The molecule has 0 N–H and O–H groups in total. The average molecular weight is 276 g/mol. The molecule has 1 heterocycles. The van der Waals surface area contributed by atoms with Crippen LogP contribution < -0.4 is 0 Å². The van der Waals surface area contributed by atoms with Gasteiger partial charge in [-0.3, -0.25) is 0 Å². The van der Waals surface area contributed by atoms with Crippen molar-refractivity contribution in [1.82, 2.24) is 4.31 Å². The zero-order valence-corrected chi connectivity index (χ0v) is 11.0. The number of morpholine rings is 1. The smallest absolute Gasteiger partial charge is 0.243 e. The quantitative estimate of drug-likeness (QED) is 0.826. The van der Waals surface area contributed by atoms with Crippen molar-refractivity contribution in [2.45, 2.75) is 17.9 Å². The van der Waals surface area contributed by atoms with Gasteiger partial charge in [0.15, 0.2) is 0 Å². The highest BCUT2D eigenvalue weighted by atomic mass is 35.5. The van der Waals surface area contributed by atoms with Gasteiger partial charge >= 0.3 is 0 Å². The highest BCUT2D eigenvalue weighted by molar-refractivity contribution is 7.89. The second-order valence-electron chi connectivity index (χ2n) is 4.00. The lowest BCUT2D eigenvalue weighted by Crippen LogP contribution is -2.44. The molecule has 1 fully saturated rings. The predicted molar refractivity (Wildman–Crippen MR) is 65.6 cm³/mol. The van der Waals surface area contributed by atoms with Crippen molar-refractivity contribution in [2.75, 3.05) is 19.7 Å². The Hall–Kier alpha value is -0.620. The molecule has 0 radical (unpaired) electrons. The molecule has 1 aromatic rings. The molecule has 0 aliphatic carbocycles. The Bertz CT molecular complexity index is 486. The van der Waals surface area contributed by atoms with E-state index in [4.69, 9.17) is 16.3 Å². The van der Waals surface area contributed by atoms with Gasteiger partial charge in [0, 0.05) is 18.1 Å². The zero-order valence-electron chi connectivity index (χ0n) is 9.47. The Morgan fingerprint density at radius 2 is 2.00 bits per heavy atom. The van der Waals surface area contributed by atoms with Crippen LogP contribution in [0, 0.1) is 0 Å². The molecule has 1 aromatic carbocycles. The molecular weight excluding hydrogens is 262 g/mol. The number of nitrogens with zero attached hydrogens (tertiary/aromatic N) is 1. The zero-order chi connectivity index (χ0) is 12.5. The standard InChI is InChI=1S/C11H14ClNO3S/c1-9-8-13(6-7-16-9)17(14,15)11-4-2-10(12)3-5-11/h2-5,9H,6-8H2,1H3. The van der Waals surface area contributed by atoms with Crippen molar-refractivity contribution in [3.63, 3.8) is 0 Å². The van der Waals surface area contributed by atoms with Crippen LogP contribution in [0.15, 0.2) is 29.2 Å². The summed E-state index contributed by atoms with van der Waals surface area (Å²) in [4.78, 5) is 0.274. The van der Waals surface area contributed by atoms with E-state index in [-0.39, 0.29) is 11.0 Å². The molecule has 1 aliphatic rings. The third-order valence-electron chi connectivity index (χ3n) is 2.66. The van der Waals surface area contributed by atoms with Gasteiger partial charge in [0.05, 0.1) is 17.6 Å². The molecule has 0 spiro atoms. The number of rotatable bonds is 2. The molecule has 1 atom stereocenters. The van der Waals surface area contributed by atoms with Gasteiger partial charge in [-0.25, -0.2) is 8.42 Å². The van der Waals surface area contributed by atoms with Crippen LogP contribution in [0.1, 0.15) is 6.92 Å². The third-order valence-corrected chi connectivity index (χ3v) is 4.79. The first kappa shape index (κ1) is 12.8. The van der Waals surface area contributed by atoms with Crippen molar-refractivity contribution < 1.29 is 13.2 Å². The number of sulfonamides is 1. The summed E-state index contributed by atoms with van der Waals surface area (Å²) in [5, 5.41) is 0.527. The van der Waals surface area contributed by atoms with Gasteiger partial charge in [0.1, 0.15) is 0 Å². The van der Waals surface area contributed by atoms with Crippen LogP contribution in [0.4, 0.5) is 0 Å². The summed E-state index contributed by atoms with van der Waals surface area (Å²) >= 11 is 5.74. The van der Waals surface area contributed by atoms with E-state index in [2.05, 4.69) is 0 Å². The summed E-state index contributed by atoms with van der Waals surface area (Å²) in [6.07, 6.45) is -0.0641. The lowest BCUT2D eigenvalue weighted by molar-refractivity contribution is 0.0102. The maximum absolute atomic E-state index is 12.3. The molecule has 6 heteroatoms. The SMILES string of the molecule is CC1CN(S(=O)(=O)c2ccc(Cl)cc2)CCO1. The summed E-state index contributed by atoms with van der Waals surface area (Å²) in [5.74, 6) is 0. The van der Waals surface area contributed by atoms with Crippen LogP contribution in [0.25, 0.3) is 0 Å². The lowest BCUT2D eigenvalue weighted by atomic mass is 10.3. The van der Waals surface area contributed by atoms with E-state index < -0.39 is 10.0 Å². The van der Waals surface area contributed by atoms with Crippen molar-refractivity contribution >= 4 is 21.6 Å². The summed E-state index contributed by atoms with van der Waals surface area (Å²) in [6, 6.07) is 6.21. The fraction of sp³-hybridized carbons (Fsp3) is 0.455. The Kier molecular flexibility index (Phi) is 3.73. The largest absolute Gasteiger partial charge is 0.376 e. The van der Waals surface area contributed by atoms with E-state index in [1.807, 2.05) is 6.92 Å². The Balaban J connectivity index is 2.26. The third kappa shape index (κ3) is 2.80. The molecule has 1 unspecified atom stereocenters. The molecule has 1 aliphatic heterocycles. The van der Waals surface area contributed by atoms with Gasteiger partial charge in [0.2, 0.25) is 10.0 Å². The van der Waals surface area contributed by atoms with Crippen molar-refractivity contribution in [2.24, 2.45) is 0 Å². The minimum atomic E-state index is -3.42. The summed E-state index contributed by atoms with van der Waals surface area (Å²) in [7, 11) is -3.42. The minimum absolute atomic E-state index is 0.0641. The van der Waals surface area contributed by atoms with E-state index in [0.717, 1.165) is 0 Å². The molecule has 2 rings (SSSR count). The van der Waals surface area contributed by atoms with Crippen LogP contribution >= 0.6 is 11.6 Å². The number of benzene rings is 1. The Labute approximate surface area is 106 Å². The van der Waals surface area contributed by atoms with Gasteiger partial charge in [-0.1, -0.05) is 11.6 Å². The van der Waals surface area contributed by atoms with Gasteiger partial charge in [-0.05, 0) is 31.2 Å². The van der Waals surface area contributed by atoms with E-state index in [9.17, 15) is 8.42 Å². The normalized spacial score (nSPS) is 22.6. The highest BCUT2D eigenvalue weighted by Crippen LogP contribution is 2.20. The van der Waals surface area contributed by atoms with Crippen molar-refractivity contribution in [3.05, 3.63) is 29.3 Å². The number of ether oxygens (including phenoxy) is 1. The monoisotopic (exact) mass is 275 g/mol. The van der Waals surface area contributed by atoms with Crippen LogP contribution in [-0.2, 0) is 14.8 Å². The molecule has 0 bridgehead atoms. The molecule has 17 heavy (non-hydrogen) atoms. The Morgan fingerprint density at radius 3 is 2.59 bits per heavy atom. The lowest BCUT2D eigenvalue weighted by Gasteiger charge is -2.30. The summed E-state index contributed by atoms with van der Waals surface area (Å²) in [5.41, 5.74) is 0. The minimum Gasteiger partial charge on any atom is -0.376 e. The first-order chi connectivity index (χ1) is 8.00. The fourth-order valence-electron chi connectivity index (χ4n) is 1.76. The maximum Gasteiger partial charge on any atom is 0.243 e. The van der Waals surface area contributed by atoms with E-state index in [0.29, 0.717) is 24.7 Å². The van der Waals surface area contributed by atoms with Crippen LogP contribution in [-0.4, -0.2) is 38.5 Å². The molecule has 0 saturated carbocycles. The van der Waals surface area contributed by atoms with Gasteiger partial charge in [0.25, 0.3) is 0 Å². The van der Waals surface area contributed by atoms with Gasteiger partial charge in [-0.2, -0.15) is 4.31 Å². The number of hydrogen-bond acceptors (Lipinski definition) is 3. The molecule has 1 saturated heterocycles. The number of halogens is 1. The number of hydrogen-bond donors (Lipinski definition) is 0. The van der Waals surface area contributed by atoms with Crippen LogP contribution in [0.2, 0.25) is 5.02 Å². The second-order valence-corrected chi connectivity index (χ2v) is 6.37. The van der Waals surface area contributed by atoms with Crippen LogP contribution in [0.5, 0.6) is 0 Å². The molecule has 4 nitrogen and oxygen atoms in total. The van der Waals surface area contributed by atoms with E-state index in [1.54, 1.807) is 12.1 Å². The van der Waals surface area contributed by atoms with E-state index in [1.165, 1.54) is 16.4 Å². The summed E-state index contributed by atoms with van der Waals surface area (Å²) < 4.78 is 31.3. The first-order valence-corrected chi connectivity index (χ1v) is 7.19. The molecule has 0 amide bonds. The van der Waals surface area contributed by atoms with Crippen molar-refractivity contribution in [3.8, 4) is 0 Å². The molecule has 94 valence electrons. The first-order valence-electron chi connectivity index (χ1n) is 5.37. The molecule has 0 aromatic heterocycles. The van der Waals surface area contributed by atoms with E-state index >= 15 is 0 Å². The Morgan fingerprint density at radius 1 is 1.35 bits per heavy atom. The van der Waals surface area contributed by atoms with Crippen LogP contribution in [0.3, 0.4) is 0 Å². The maximum atomic E-state index is 12.3. The fourth-order valence-corrected chi connectivity index (χ4v) is 3.39. The predicted octanol–water partition coefficient (Wildman–Crippen LogP) is 1.75. The molecular formula is C11H14ClNO3S. The highest BCUT2D eigenvalue weighted by Gasteiger charge is 2.28. The van der Waals surface area contributed by atoms with Gasteiger partial charge < -0.3 is 4.74 Å². The van der Waals surface area contributed by atoms with Crippen molar-refractivity contribution in [1.29, 1.82) is 0 Å². The van der Waals surface area contributed by atoms with Gasteiger partial charge in [-0.15, -0.1) is 0 Å². The summed E-state index contributed by atoms with van der Waals surface area (Å²) in [6.45, 7) is 3.10.